The molecule has 1 aromatic heterocycles. The lowest BCUT2D eigenvalue weighted by molar-refractivity contribution is 0.0258. The summed E-state index contributed by atoms with van der Waals surface area (Å²) < 4.78 is 0. The minimum absolute atomic E-state index is 0.0235. The molecule has 0 radical (unpaired) electrons. The van der Waals surface area contributed by atoms with Gasteiger partial charge in [-0.15, -0.1) is 4.91 Å². The van der Waals surface area contributed by atoms with Crippen LogP contribution in [0.25, 0.3) is 0 Å². The van der Waals surface area contributed by atoms with Crippen LogP contribution in [-0.2, 0) is 4.84 Å². The van der Waals surface area contributed by atoms with E-state index in [2.05, 4.69) is 16.4 Å². The summed E-state index contributed by atoms with van der Waals surface area (Å²) >= 11 is 0. The van der Waals surface area contributed by atoms with Gasteiger partial charge in [0.25, 0.3) is 0 Å². The average Bonchev–Trinajstić information content (AvgIpc) is 2.32. The number of nitrogens with zero attached hydrogens (tertiary/aromatic N) is 2. The van der Waals surface area contributed by atoms with E-state index >= 15 is 0 Å². The molecule has 0 aromatic carbocycles. The lowest BCUT2D eigenvalue weighted by Crippen LogP contribution is -2.18. The van der Waals surface area contributed by atoms with Crippen molar-refractivity contribution in [3.8, 4) is 0 Å². The fourth-order valence-corrected chi connectivity index (χ4v) is 2.18. The molecule has 0 N–H and O–H groups in total. The molecule has 0 bridgehead atoms. The van der Waals surface area contributed by atoms with Crippen molar-refractivity contribution >= 4 is 0 Å². The van der Waals surface area contributed by atoms with E-state index in [-0.39, 0.29) is 6.10 Å². The van der Waals surface area contributed by atoms with E-state index in [0.29, 0.717) is 5.92 Å². The largest absolute Gasteiger partial charge is 0.361 e. The second-order valence-electron chi connectivity index (χ2n) is 3.94. The summed E-state index contributed by atoms with van der Waals surface area (Å²) in [4.78, 5) is 18.8. The molecule has 15 heavy (non-hydrogen) atoms. The number of hydrogen-bond donors (Lipinski definition) is 0. The third-order valence-electron chi connectivity index (χ3n) is 3.02. The highest BCUT2D eigenvalue weighted by molar-refractivity contribution is 5.15. The van der Waals surface area contributed by atoms with Crippen LogP contribution < -0.4 is 0 Å². The standard InChI is InChI=1S/C11H14N2O2/c14-13-15-11-5-3-9(4-6-11)10-2-1-7-12-8-10/h1-2,7-9,11H,3-6H2/t9-,11-. The van der Waals surface area contributed by atoms with E-state index in [1.807, 2.05) is 12.3 Å². The molecule has 0 amide bonds. The highest BCUT2D eigenvalue weighted by atomic mass is 16.7. The zero-order chi connectivity index (χ0) is 10.5. The Morgan fingerprint density at radius 3 is 2.73 bits per heavy atom. The van der Waals surface area contributed by atoms with Gasteiger partial charge in [0.05, 0.1) is 0 Å². The molecule has 1 aliphatic rings. The van der Waals surface area contributed by atoms with Crippen LogP contribution in [0.5, 0.6) is 0 Å². The number of aromatic nitrogens is 1. The maximum Gasteiger partial charge on any atom is 0.155 e. The van der Waals surface area contributed by atoms with Crippen molar-refractivity contribution < 1.29 is 4.84 Å². The van der Waals surface area contributed by atoms with Crippen LogP contribution in [0, 0.1) is 4.91 Å². The Morgan fingerprint density at radius 2 is 2.13 bits per heavy atom. The molecule has 1 fully saturated rings. The smallest absolute Gasteiger partial charge is 0.155 e. The Morgan fingerprint density at radius 1 is 1.33 bits per heavy atom. The fourth-order valence-electron chi connectivity index (χ4n) is 2.18. The molecule has 0 saturated heterocycles. The van der Waals surface area contributed by atoms with Gasteiger partial charge >= 0.3 is 0 Å². The molecule has 0 spiro atoms. The summed E-state index contributed by atoms with van der Waals surface area (Å²) in [5, 5.41) is 2.49. The first-order chi connectivity index (χ1) is 7.40. The topological polar surface area (TPSA) is 51.5 Å². The quantitative estimate of drug-likeness (QED) is 0.564. The molecule has 0 atom stereocenters. The van der Waals surface area contributed by atoms with Gasteiger partial charge in [0.1, 0.15) is 6.10 Å². The van der Waals surface area contributed by atoms with Crippen molar-refractivity contribution in [2.75, 3.05) is 0 Å². The SMILES string of the molecule is O=NO[C@H]1CC[C@H](c2cccnc2)CC1. The van der Waals surface area contributed by atoms with Crippen LogP contribution >= 0.6 is 0 Å². The average molecular weight is 206 g/mol. The minimum atomic E-state index is 0.0235. The van der Waals surface area contributed by atoms with Crippen LogP contribution in [0.3, 0.4) is 0 Å². The summed E-state index contributed by atoms with van der Waals surface area (Å²) in [7, 11) is 0. The Kier molecular flexibility index (Phi) is 3.27. The van der Waals surface area contributed by atoms with Crippen molar-refractivity contribution in [2.24, 2.45) is 5.34 Å². The van der Waals surface area contributed by atoms with Crippen LogP contribution in [0.15, 0.2) is 29.9 Å². The third-order valence-corrected chi connectivity index (χ3v) is 3.02. The molecular weight excluding hydrogens is 192 g/mol. The zero-order valence-electron chi connectivity index (χ0n) is 8.50. The molecule has 1 aliphatic carbocycles. The van der Waals surface area contributed by atoms with Crippen molar-refractivity contribution in [1.29, 1.82) is 0 Å². The van der Waals surface area contributed by atoms with E-state index in [9.17, 15) is 4.91 Å². The van der Waals surface area contributed by atoms with E-state index < -0.39 is 0 Å². The van der Waals surface area contributed by atoms with E-state index in [1.54, 1.807) is 6.20 Å². The first kappa shape index (κ1) is 10.1. The van der Waals surface area contributed by atoms with Gasteiger partial charge in [-0.1, -0.05) is 6.07 Å². The predicted octanol–water partition coefficient (Wildman–Crippen LogP) is 2.81. The van der Waals surface area contributed by atoms with Gasteiger partial charge in [-0.3, -0.25) is 4.98 Å². The number of rotatable bonds is 3. The molecule has 4 nitrogen and oxygen atoms in total. The van der Waals surface area contributed by atoms with E-state index in [4.69, 9.17) is 4.84 Å². The van der Waals surface area contributed by atoms with Crippen molar-refractivity contribution in [3.05, 3.63) is 35.0 Å². The summed E-state index contributed by atoms with van der Waals surface area (Å²) in [6, 6.07) is 4.07. The lowest BCUT2D eigenvalue weighted by atomic mass is 9.83. The van der Waals surface area contributed by atoms with Crippen molar-refractivity contribution in [3.63, 3.8) is 0 Å². The van der Waals surface area contributed by atoms with Crippen molar-refractivity contribution in [2.45, 2.75) is 37.7 Å². The van der Waals surface area contributed by atoms with Gasteiger partial charge in [0, 0.05) is 12.4 Å². The summed E-state index contributed by atoms with van der Waals surface area (Å²) in [5.41, 5.74) is 1.29. The molecule has 0 unspecified atom stereocenters. The highest BCUT2D eigenvalue weighted by Crippen LogP contribution is 2.33. The molecular formula is C11H14N2O2. The highest BCUT2D eigenvalue weighted by Gasteiger charge is 2.23. The monoisotopic (exact) mass is 206 g/mol. The van der Waals surface area contributed by atoms with Gasteiger partial charge in [0.15, 0.2) is 5.34 Å². The second kappa shape index (κ2) is 4.87. The number of hydrogen-bond acceptors (Lipinski definition) is 4. The zero-order valence-corrected chi connectivity index (χ0v) is 8.50. The lowest BCUT2D eigenvalue weighted by Gasteiger charge is -2.26. The van der Waals surface area contributed by atoms with Crippen LogP contribution in [0.1, 0.15) is 37.2 Å². The molecule has 1 aromatic rings. The predicted molar refractivity (Wildman–Crippen MR) is 56.1 cm³/mol. The fraction of sp³-hybridized carbons (Fsp3) is 0.545. The third kappa shape index (κ3) is 2.52. The number of pyridine rings is 1. The van der Waals surface area contributed by atoms with Crippen LogP contribution in [-0.4, -0.2) is 11.1 Å². The summed E-state index contributed by atoms with van der Waals surface area (Å²) in [5.74, 6) is 0.560. The van der Waals surface area contributed by atoms with Gasteiger partial charge in [-0.2, -0.15) is 0 Å². The van der Waals surface area contributed by atoms with Gasteiger partial charge in [-0.25, -0.2) is 0 Å². The van der Waals surface area contributed by atoms with Crippen LogP contribution in [0.4, 0.5) is 0 Å². The molecule has 1 heterocycles. The Labute approximate surface area is 88.6 Å². The minimum Gasteiger partial charge on any atom is -0.361 e. The second-order valence-corrected chi connectivity index (χ2v) is 3.94. The van der Waals surface area contributed by atoms with E-state index in [0.717, 1.165) is 25.7 Å². The molecule has 0 aliphatic heterocycles. The van der Waals surface area contributed by atoms with Gasteiger partial charge < -0.3 is 4.84 Å². The first-order valence-electron chi connectivity index (χ1n) is 5.28. The van der Waals surface area contributed by atoms with Crippen LogP contribution in [0.2, 0.25) is 0 Å². The maximum absolute atomic E-state index is 9.94. The summed E-state index contributed by atoms with van der Waals surface area (Å²) in [6.45, 7) is 0. The molecule has 2 rings (SSSR count). The first-order valence-corrected chi connectivity index (χ1v) is 5.28. The van der Waals surface area contributed by atoms with E-state index in [1.165, 1.54) is 5.56 Å². The Bertz CT molecular complexity index is 308. The normalized spacial score (nSPS) is 25.9. The molecule has 1 saturated carbocycles. The van der Waals surface area contributed by atoms with Gasteiger partial charge in [0.2, 0.25) is 0 Å². The van der Waals surface area contributed by atoms with Crippen molar-refractivity contribution in [1.82, 2.24) is 4.98 Å². The Hall–Kier alpha value is -1.45. The Balaban J connectivity index is 1.91. The molecule has 4 heteroatoms. The summed E-state index contributed by atoms with van der Waals surface area (Å²) in [6.07, 6.45) is 7.64. The van der Waals surface area contributed by atoms with Gasteiger partial charge in [-0.05, 0) is 43.2 Å². The maximum atomic E-state index is 9.94. The molecule has 80 valence electrons.